The number of aliphatic hydroxyl groups is 1. The molecule has 0 bridgehead atoms. The Bertz CT molecular complexity index is 1130. The number of esters is 1. The van der Waals surface area contributed by atoms with Crippen molar-refractivity contribution in [1.82, 2.24) is 0 Å². The van der Waals surface area contributed by atoms with Crippen molar-refractivity contribution in [1.29, 1.82) is 0 Å². The molecule has 0 unspecified atom stereocenters. The quantitative estimate of drug-likeness (QED) is 0.312. The third-order valence-corrected chi connectivity index (χ3v) is 6.66. The van der Waals surface area contributed by atoms with Gasteiger partial charge in [0.25, 0.3) is 0 Å². The Morgan fingerprint density at radius 3 is 2.10 bits per heavy atom. The van der Waals surface area contributed by atoms with Gasteiger partial charge < -0.3 is 33.5 Å². The Balaban J connectivity index is 1.56. The van der Waals surface area contributed by atoms with Crippen LogP contribution in [0.3, 0.4) is 0 Å². The lowest BCUT2D eigenvalue weighted by molar-refractivity contribution is -0.294. The number of carbonyl (C=O) groups excluding carboxylic acids is 1. The topological polar surface area (TPSA) is 92.7 Å². The molecule has 0 aromatic heterocycles. The lowest BCUT2D eigenvalue weighted by Gasteiger charge is -2.43. The summed E-state index contributed by atoms with van der Waals surface area (Å²) >= 11 is 1.33. The van der Waals surface area contributed by atoms with Crippen molar-refractivity contribution in [3.05, 3.63) is 96.1 Å². The molecule has 8 nitrogen and oxygen atoms in total. The highest BCUT2D eigenvalue weighted by Gasteiger charge is 2.49. The van der Waals surface area contributed by atoms with E-state index >= 15 is 0 Å². The fraction of sp³-hybridized carbons (Fsp3) is 0.367. The molecule has 1 heterocycles. The van der Waals surface area contributed by atoms with Gasteiger partial charge in [0, 0.05) is 0 Å². The monoisotopic (exact) mass is 554 g/mol. The van der Waals surface area contributed by atoms with Crippen LogP contribution in [0.2, 0.25) is 0 Å². The van der Waals surface area contributed by atoms with Gasteiger partial charge >= 0.3 is 5.97 Å². The smallest absolute Gasteiger partial charge is 0.316 e. The largest absolute Gasteiger partial charge is 0.497 e. The molecule has 3 aromatic rings. The molecule has 9 heteroatoms. The molecule has 4 rings (SSSR count). The molecule has 0 radical (unpaired) electrons. The number of rotatable bonds is 13. The fourth-order valence-electron chi connectivity index (χ4n) is 4.16. The predicted octanol–water partition coefficient (Wildman–Crippen LogP) is 4.24. The van der Waals surface area contributed by atoms with Gasteiger partial charge in [-0.15, -0.1) is 0 Å². The molecule has 0 saturated carbocycles. The number of aliphatic hydroxyl groups excluding tert-OH is 1. The Hall–Kier alpha value is -3.08. The highest BCUT2D eigenvalue weighted by atomic mass is 32.2. The second-order valence-corrected chi connectivity index (χ2v) is 9.84. The molecule has 208 valence electrons. The molecule has 5 atom stereocenters. The summed E-state index contributed by atoms with van der Waals surface area (Å²) in [5.41, 5.74) is 1.90. The third kappa shape index (κ3) is 8.45. The predicted molar refractivity (Wildman–Crippen MR) is 148 cm³/mol. The summed E-state index contributed by atoms with van der Waals surface area (Å²) in [7, 11) is 1.59. The van der Waals surface area contributed by atoms with Gasteiger partial charge in [0.2, 0.25) is 6.29 Å². The SMILES string of the molecule is COc1ccc(O[C@@H]2O[C@H](COCc3ccccc3)[C@H](O)[C@H](OC(=O)CSC)[C@H]2OCc2ccccc2)cc1. The van der Waals surface area contributed by atoms with Crippen molar-refractivity contribution < 1.29 is 38.3 Å². The van der Waals surface area contributed by atoms with Crippen LogP contribution in [0.5, 0.6) is 11.5 Å². The molecule has 0 amide bonds. The third-order valence-electron chi connectivity index (χ3n) is 6.14. The molecule has 1 N–H and O–H groups in total. The Labute approximate surface area is 233 Å². The van der Waals surface area contributed by atoms with E-state index in [0.717, 1.165) is 11.1 Å². The van der Waals surface area contributed by atoms with Gasteiger partial charge in [-0.1, -0.05) is 60.7 Å². The van der Waals surface area contributed by atoms with Gasteiger partial charge in [0.1, 0.15) is 23.7 Å². The second-order valence-electron chi connectivity index (χ2n) is 8.98. The summed E-state index contributed by atoms with van der Waals surface area (Å²) in [6.45, 7) is 0.596. The molecule has 1 saturated heterocycles. The summed E-state index contributed by atoms with van der Waals surface area (Å²) in [6, 6.07) is 26.3. The van der Waals surface area contributed by atoms with Crippen molar-refractivity contribution in [3.8, 4) is 11.5 Å². The van der Waals surface area contributed by atoms with E-state index in [4.69, 9.17) is 28.4 Å². The van der Waals surface area contributed by atoms with Crippen LogP contribution in [0.1, 0.15) is 11.1 Å². The highest BCUT2D eigenvalue weighted by molar-refractivity contribution is 7.99. The molecule has 3 aromatic carbocycles. The second kappa shape index (κ2) is 14.9. The average Bonchev–Trinajstić information content (AvgIpc) is 2.96. The zero-order valence-corrected chi connectivity index (χ0v) is 22.8. The zero-order valence-electron chi connectivity index (χ0n) is 22.0. The van der Waals surface area contributed by atoms with Crippen molar-refractivity contribution in [2.24, 2.45) is 0 Å². The highest BCUT2D eigenvalue weighted by Crippen LogP contribution is 2.30. The Morgan fingerprint density at radius 1 is 0.872 bits per heavy atom. The number of benzene rings is 3. The van der Waals surface area contributed by atoms with Crippen LogP contribution in [0.25, 0.3) is 0 Å². The van der Waals surface area contributed by atoms with E-state index in [2.05, 4.69) is 0 Å². The maximum Gasteiger partial charge on any atom is 0.316 e. The number of hydrogen-bond acceptors (Lipinski definition) is 9. The summed E-state index contributed by atoms with van der Waals surface area (Å²) in [4.78, 5) is 12.6. The van der Waals surface area contributed by atoms with Crippen molar-refractivity contribution in [3.63, 3.8) is 0 Å². The number of methoxy groups -OCH3 is 1. The molecular weight excluding hydrogens is 520 g/mol. The summed E-state index contributed by atoms with van der Waals surface area (Å²) in [5.74, 6) is 0.849. The minimum atomic E-state index is -1.21. The normalized spacial score (nSPS) is 22.7. The van der Waals surface area contributed by atoms with Gasteiger partial charge in [-0.3, -0.25) is 4.79 Å². The number of hydrogen-bond donors (Lipinski definition) is 1. The van der Waals surface area contributed by atoms with E-state index < -0.39 is 36.7 Å². The van der Waals surface area contributed by atoms with E-state index in [1.165, 1.54) is 11.8 Å². The van der Waals surface area contributed by atoms with Crippen LogP contribution in [0, 0.1) is 0 Å². The van der Waals surface area contributed by atoms with Crippen LogP contribution >= 0.6 is 11.8 Å². The molecular formula is C30H34O8S. The summed E-state index contributed by atoms with van der Waals surface area (Å²) in [5, 5.41) is 11.3. The first-order chi connectivity index (χ1) is 19.1. The lowest BCUT2D eigenvalue weighted by atomic mass is 9.98. The average molecular weight is 555 g/mol. The fourth-order valence-corrected chi connectivity index (χ4v) is 4.46. The van der Waals surface area contributed by atoms with E-state index in [1.807, 2.05) is 60.7 Å². The lowest BCUT2D eigenvalue weighted by Crippen LogP contribution is -2.62. The number of ether oxygens (including phenoxy) is 6. The molecule has 39 heavy (non-hydrogen) atoms. The van der Waals surface area contributed by atoms with Crippen LogP contribution in [-0.4, -0.2) is 67.5 Å². The molecule has 0 spiro atoms. The minimum Gasteiger partial charge on any atom is -0.497 e. The maximum atomic E-state index is 12.6. The maximum absolute atomic E-state index is 12.6. The molecule has 0 aliphatic carbocycles. The summed E-state index contributed by atoms with van der Waals surface area (Å²) < 4.78 is 35.5. The van der Waals surface area contributed by atoms with Crippen LogP contribution in [0.15, 0.2) is 84.9 Å². The molecule has 1 aliphatic rings. The first-order valence-electron chi connectivity index (χ1n) is 12.7. The van der Waals surface area contributed by atoms with Gasteiger partial charge in [-0.2, -0.15) is 11.8 Å². The Kier molecular flexibility index (Phi) is 11.1. The van der Waals surface area contributed by atoms with Gasteiger partial charge in [0.15, 0.2) is 12.2 Å². The standard InChI is InChI=1S/C30H34O8S/c1-33-23-13-15-24(16-14-23)36-30-29(35-18-22-11-7-4-8-12-22)28(38-26(31)20-39-2)27(32)25(37-30)19-34-17-21-9-5-3-6-10-21/h3-16,25,27-30,32H,17-20H2,1-2H3/t25-,27+,28+,29-,30-/m1/s1. The first-order valence-corrected chi connectivity index (χ1v) is 14.1. The van der Waals surface area contributed by atoms with Gasteiger partial charge in [-0.05, 0) is 41.6 Å². The number of thioether (sulfide) groups is 1. The van der Waals surface area contributed by atoms with Gasteiger partial charge in [0.05, 0.1) is 32.7 Å². The summed E-state index contributed by atoms with van der Waals surface area (Å²) in [6.07, 6.45) is -3.19. The zero-order chi connectivity index (χ0) is 27.5. The first kappa shape index (κ1) is 28.9. The van der Waals surface area contributed by atoms with E-state index in [1.54, 1.807) is 37.6 Å². The van der Waals surface area contributed by atoms with E-state index in [-0.39, 0.29) is 19.0 Å². The van der Waals surface area contributed by atoms with Gasteiger partial charge in [-0.25, -0.2) is 0 Å². The van der Waals surface area contributed by atoms with Crippen molar-refractivity contribution in [2.75, 3.05) is 25.7 Å². The van der Waals surface area contributed by atoms with Crippen molar-refractivity contribution >= 4 is 17.7 Å². The van der Waals surface area contributed by atoms with Crippen LogP contribution in [-0.2, 0) is 37.0 Å². The number of carbonyl (C=O) groups is 1. The van der Waals surface area contributed by atoms with E-state index in [9.17, 15) is 9.90 Å². The molecule has 1 aliphatic heterocycles. The molecule has 1 fully saturated rings. The van der Waals surface area contributed by atoms with Crippen LogP contribution < -0.4 is 9.47 Å². The Morgan fingerprint density at radius 2 is 1.49 bits per heavy atom. The minimum absolute atomic E-state index is 0.0561. The van der Waals surface area contributed by atoms with E-state index in [0.29, 0.717) is 18.1 Å². The van der Waals surface area contributed by atoms with Crippen LogP contribution in [0.4, 0.5) is 0 Å². The van der Waals surface area contributed by atoms with Crippen molar-refractivity contribution in [2.45, 2.75) is 43.9 Å².